The Balaban J connectivity index is 2.16. The van der Waals surface area contributed by atoms with E-state index in [2.05, 4.69) is 21.3 Å². The molecule has 198 valence electrons. The molecule has 3 amide bonds. The van der Waals surface area contributed by atoms with Crippen LogP contribution in [0.2, 0.25) is 0 Å². The standard InChI is InChI=1S/C25H36N4O7/c1-15(2)13-19(23(33)27-18(25(35)36)10-11-21(30)31)28-24(34)20(14-16-7-4-3-5-8-16)29-22(32)17-9-6-12-26-17/h3-5,7-8,15,17-20,26H,6,9-14H2,1-2H3,(H,27,33)(H,28,34)(H,29,32)(H,30,31)(H,35,36). The van der Waals surface area contributed by atoms with Crippen LogP contribution in [0.5, 0.6) is 0 Å². The number of hydrogen-bond donors (Lipinski definition) is 6. The van der Waals surface area contributed by atoms with E-state index < -0.39 is 54.3 Å². The van der Waals surface area contributed by atoms with E-state index in [0.29, 0.717) is 6.42 Å². The Bertz CT molecular complexity index is 916. The quantitative estimate of drug-likeness (QED) is 0.211. The van der Waals surface area contributed by atoms with Gasteiger partial charge in [-0.3, -0.25) is 19.2 Å². The van der Waals surface area contributed by atoms with Gasteiger partial charge in [0.25, 0.3) is 0 Å². The summed E-state index contributed by atoms with van der Waals surface area (Å²) in [7, 11) is 0. The summed E-state index contributed by atoms with van der Waals surface area (Å²) < 4.78 is 0. The zero-order valence-corrected chi connectivity index (χ0v) is 20.7. The number of carbonyl (C=O) groups is 5. The molecular formula is C25H36N4O7. The fraction of sp³-hybridized carbons (Fsp3) is 0.560. The second-order valence-corrected chi connectivity index (χ2v) is 9.42. The van der Waals surface area contributed by atoms with E-state index >= 15 is 0 Å². The Hall–Kier alpha value is -3.47. The Labute approximate surface area is 210 Å². The van der Waals surface area contributed by atoms with Crippen molar-refractivity contribution < 1.29 is 34.2 Å². The summed E-state index contributed by atoms with van der Waals surface area (Å²) in [5.74, 6) is -4.15. The van der Waals surface area contributed by atoms with Gasteiger partial charge in [-0.05, 0) is 43.7 Å². The van der Waals surface area contributed by atoms with Crippen molar-refractivity contribution in [1.82, 2.24) is 21.3 Å². The summed E-state index contributed by atoms with van der Waals surface area (Å²) in [4.78, 5) is 61.4. The van der Waals surface area contributed by atoms with Crippen molar-refractivity contribution >= 4 is 29.7 Å². The molecule has 1 fully saturated rings. The molecule has 1 aliphatic heterocycles. The molecule has 0 aromatic heterocycles. The minimum atomic E-state index is -1.41. The van der Waals surface area contributed by atoms with Gasteiger partial charge in [-0.15, -0.1) is 0 Å². The van der Waals surface area contributed by atoms with Crippen LogP contribution in [0.15, 0.2) is 30.3 Å². The van der Waals surface area contributed by atoms with Crippen LogP contribution in [0.4, 0.5) is 0 Å². The predicted octanol–water partition coefficient (Wildman–Crippen LogP) is 0.431. The third kappa shape index (κ3) is 9.65. The molecular weight excluding hydrogens is 468 g/mol. The lowest BCUT2D eigenvalue weighted by atomic mass is 10.00. The first-order valence-corrected chi connectivity index (χ1v) is 12.2. The average Bonchev–Trinajstić information content (AvgIpc) is 3.36. The first kappa shape index (κ1) is 28.8. The molecule has 4 atom stereocenters. The molecule has 2 rings (SSSR count). The molecule has 0 saturated carbocycles. The number of aliphatic carboxylic acids is 2. The van der Waals surface area contributed by atoms with Crippen LogP contribution in [-0.4, -0.2) is 70.6 Å². The number of carboxylic acid groups (broad SMARTS) is 2. The number of benzene rings is 1. The van der Waals surface area contributed by atoms with Gasteiger partial charge in [0.05, 0.1) is 6.04 Å². The van der Waals surface area contributed by atoms with Crippen LogP contribution in [0.25, 0.3) is 0 Å². The molecule has 6 N–H and O–H groups in total. The Morgan fingerprint density at radius 3 is 2.14 bits per heavy atom. The maximum atomic E-state index is 13.3. The minimum absolute atomic E-state index is 0.0202. The first-order valence-electron chi connectivity index (χ1n) is 12.2. The Morgan fingerprint density at radius 2 is 1.58 bits per heavy atom. The summed E-state index contributed by atoms with van der Waals surface area (Å²) in [6.07, 6.45) is 1.23. The molecule has 1 saturated heterocycles. The van der Waals surface area contributed by atoms with Crippen molar-refractivity contribution in [1.29, 1.82) is 0 Å². The van der Waals surface area contributed by atoms with E-state index in [9.17, 15) is 29.1 Å². The maximum absolute atomic E-state index is 13.3. The van der Waals surface area contributed by atoms with Crippen LogP contribution < -0.4 is 21.3 Å². The summed E-state index contributed by atoms with van der Waals surface area (Å²) in [5, 5.41) is 29.2. The van der Waals surface area contributed by atoms with Gasteiger partial charge in [0, 0.05) is 12.8 Å². The lowest BCUT2D eigenvalue weighted by molar-refractivity contribution is -0.143. The smallest absolute Gasteiger partial charge is 0.326 e. The summed E-state index contributed by atoms with van der Waals surface area (Å²) in [6.45, 7) is 4.41. The van der Waals surface area contributed by atoms with Crippen LogP contribution in [0, 0.1) is 5.92 Å². The van der Waals surface area contributed by atoms with E-state index in [1.807, 2.05) is 44.2 Å². The second-order valence-electron chi connectivity index (χ2n) is 9.42. The average molecular weight is 505 g/mol. The van der Waals surface area contributed by atoms with Gasteiger partial charge in [0.2, 0.25) is 17.7 Å². The lowest BCUT2D eigenvalue weighted by Crippen LogP contribution is -2.57. The molecule has 0 aliphatic carbocycles. The summed E-state index contributed by atoms with van der Waals surface area (Å²) in [6, 6.07) is 5.33. The van der Waals surface area contributed by atoms with Crippen molar-refractivity contribution in [2.45, 2.75) is 76.5 Å². The van der Waals surface area contributed by atoms with Crippen LogP contribution in [-0.2, 0) is 30.4 Å². The zero-order chi connectivity index (χ0) is 26.7. The molecule has 0 spiro atoms. The Kier molecular flexibility index (Phi) is 11.3. The molecule has 4 unspecified atom stereocenters. The fourth-order valence-electron chi connectivity index (χ4n) is 4.01. The highest BCUT2D eigenvalue weighted by atomic mass is 16.4. The molecule has 36 heavy (non-hydrogen) atoms. The van der Waals surface area contributed by atoms with Gasteiger partial charge in [0.1, 0.15) is 18.1 Å². The zero-order valence-electron chi connectivity index (χ0n) is 20.7. The van der Waals surface area contributed by atoms with E-state index in [0.717, 1.165) is 18.5 Å². The molecule has 1 aromatic rings. The van der Waals surface area contributed by atoms with Gasteiger partial charge in [-0.2, -0.15) is 0 Å². The molecule has 1 aliphatic rings. The highest BCUT2D eigenvalue weighted by molar-refractivity contribution is 5.94. The van der Waals surface area contributed by atoms with Gasteiger partial charge < -0.3 is 31.5 Å². The van der Waals surface area contributed by atoms with Crippen LogP contribution >= 0.6 is 0 Å². The summed E-state index contributed by atoms with van der Waals surface area (Å²) >= 11 is 0. The number of carbonyl (C=O) groups excluding carboxylic acids is 3. The Morgan fingerprint density at radius 1 is 0.944 bits per heavy atom. The number of hydrogen-bond acceptors (Lipinski definition) is 6. The van der Waals surface area contributed by atoms with Crippen molar-refractivity contribution in [3.8, 4) is 0 Å². The fourth-order valence-corrected chi connectivity index (χ4v) is 4.01. The number of amides is 3. The van der Waals surface area contributed by atoms with E-state index in [1.54, 1.807) is 0 Å². The molecule has 1 heterocycles. The largest absolute Gasteiger partial charge is 0.481 e. The molecule has 1 aromatic carbocycles. The van der Waals surface area contributed by atoms with Crippen molar-refractivity contribution in [2.75, 3.05) is 6.54 Å². The van der Waals surface area contributed by atoms with Gasteiger partial charge in [-0.25, -0.2) is 4.79 Å². The van der Waals surface area contributed by atoms with Gasteiger partial charge in [-0.1, -0.05) is 44.2 Å². The summed E-state index contributed by atoms with van der Waals surface area (Å²) in [5.41, 5.74) is 0.821. The third-order valence-corrected chi connectivity index (χ3v) is 5.89. The molecule has 0 bridgehead atoms. The lowest BCUT2D eigenvalue weighted by Gasteiger charge is -2.26. The highest BCUT2D eigenvalue weighted by Gasteiger charge is 2.32. The molecule has 11 heteroatoms. The molecule has 11 nitrogen and oxygen atoms in total. The number of rotatable bonds is 14. The van der Waals surface area contributed by atoms with Crippen molar-refractivity contribution in [3.63, 3.8) is 0 Å². The second kappa shape index (κ2) is 14.2. The SMILES string of the molecule is CC(C)CC(NC(=O)C(Cc1ccccc1)NC(=O)C1CCCN1)C(=O)NC(CCC(=O)O)C(=O)O. The van der Waals surface area contributed by atoms with Crippen LogP contribution in [0.1, 0.15) is 51.5 Å². The predicted molar refractivity (Wildman–Crippen MR) is 131 cm³/mol. The van der Waals surface area contributed by atoms with Gasteiger partial charge in [0.15, 0.2) is 0 Å². The highest BCUT2D eigenvalue weighted by Crippen LogP contribution is 2.11. The number of nitrogens with one attached hydrogen (secondary N) is 4. The third-order valence-electron chi connectivity index (χ3n) is 5.89. The topological polar surface area (TPSA) is 174 Å². The van der Waals surface area contributed by atoms with Gasteiger partial charge >= 0.3 is 11.9 Å². The monoisotopic (exact) mass is 504 g/mol. The van der Waals surface area contributed by atoms with Crippen molar-refractivity contribution in [2.24, 2.45) is 5.92 Å². The van der Waals surface area contributed by atoms with Crippen molar-refractivity contribution in [3.05, 3.63) is 35.9 Å². The van der Waals surface area contributed by atoms with Crippen LogP contribution in [0.3, 0.4) is 0 Å². The first-order chi connectivity index (χ1) is 17.1. The minimum Gasteiger partial charge on any atom is -0.481 e. The number of carboxylic acids is 2. The normalized spacial score (nSPS) is 17.6. The van der Waals surface area contributed by atoms with E-state index in [1.165, 1.54) is 0 Å². The maximum Gasteiger partial charge on any atom is 0.326 e. The van der Waals surface area contributed by atoms with E-state index in [4.69, 9.17) is 5.11 Å². The van der Waals surface area contributed by atoms with E-state index in [-0.39, 0.29) is 31.1 Å². The molecule has 0 radical (unpaired) electrons.